The minimum absolute atomic E-state index is 0.305. The number of cyclic esters (lactones) is 1. The number of hydrogen-bond acceptors (Lipinski definition) is 4. The van der Waals surface area contributed by atoms with Gasteiger partial charge in [0.2, 0.25) is 5.90 Å². The lowest BCUT2D eigenvalue weighted by atomic mass is 10.1. The summed E-state index contributed by atoms with van der Waals surface area (Å²) in [5, 5.41) is 1.98. The molecule has 0 amide bonds. The predicted octanol–water partition coefficient (Wildman–Crippen LogP) is 3.23. The Morgan fingerprint density at radius 1 is 1.41 bits per heavy atom. The van der Waals surface area contributed by atoms with Crippen molar-refractivity contribution in [2.24, 2.45) is 10.9 Å². The minimum atomic E-state index is -0.305. The highest BCUT2D eigenvalue weighted by molar-refractivity contribution is 7.10. The molecule has 0 unspecified atom stereocenters. The number of thiophene rings is 1. The molecule has 1 saturated carbocycles. The smallest absolute Gasteiger partial charge is 0.363 e. The van der Waals surface area contributed by atoms with Crippen molar-refractivity contribution in [3.05, 3.63) is 28.1 Å². The molecule has 4 heteroatoms. The first-order chi connectivity index (χ1) is 8.33. The normalized spacial score (nSPS) is 23.2. The van der Waals surface area contributed by atoms with Crippen LogP contribution in [0.25, 0.3) is 6.08 Å². The summed E-state index contributed by atoms with van der Waals surface area (Å²) < 4.78 is 5.25. The molecule has 0 spiro atoms. The molecule has 2 aliphatic rings. The second-order valence-electron chi connectivity index (χ2n) is 4.37. The molecule has 17 heavy (non-hydrogen) atoms. The van der Waals surface area contributed by atoms with Crippen molar-refractivity contribution < 1.29 is 9.53 Å². The van der Waals surface area contributed by atoms with Gasteiger partial charge < -0.3 is 4.74 Å². The third kappa shape index (κ3) is 2.17. The molecule has 1 aliphatic carbocycles. The van der Waals surface area contributed by atoms with Gasteiger partial charge in [-0.3, -0.25) is 0 Å². The molecule has 3 nitrogen and oxygen atoms in total. The summed E-state index contributed by atoms with van der Waals surface area (Å²) in [5.74, 6) is 0.684. The SMILES string of the molecule is O=C1OC(C2CCCC2)=N/C1=C/c1cccs1. The Morgan fingerprint density at radius 3 is 2.94 bits per heavy atom. The van der Waals surface area contributed by atoms with E-state index in [0.29, 0.717) is 17.5 Å². The quantitative estimate of drug-likeness (QED) is 0.594. The molecule has 88 valence electrons. The van der Waals surface area contributed by atoms with Crippen LogP contribution in [-0.4, -0.2) is 11.9 Å². The number of carbonyl (C=O) groups is 1. The van der Waals surface area contributed by atoms with E-state index < -0.39 is 0 Å². The fourth-order valence-electron chi connectivity index (χ4n) is 2.28. The molecule has 3 rings (SSSR count). The first kappa shape index (κ1) is 10.7. The van der Waals surface area contributed by atoms with E-state index >= 15 is 0 Å². The molecule has 1 fully saturated rings. The van der Waals surface area contributed by atoms with Gasteiger partial charge in [0.1, 0.15) is 0 Å². The fourth-order valence-corrected chi connectivity index (χ4v) is 2.93. The van der Waals surface area contributed by atoms with Crippen LogP contribution in [0.5, 0.6) is 0 Å². The maximum absolute atomic E-state index is 11.7. The molecule has 1 aliphatic heterocycles. The third-order valence-corrected chi connectivity index (χ3v) is 3.98. The molecule has 0 atom stereocenters. The maximum atomic E-state index is 11.7. The molecule has 0 saturated heterocycles. The number of ether oxygens (including phenoxy) is 1. The largest absolute Gasteiger partial charge is 0.406 e. The van der Waals surface area contributed by atoms with Crippen molar-refractivity contribution >= 4 is 29.3 Å². The first-order valence-electron chi connectivity index (χ1n) is 5.89. The lowest BCUT2D eigenvalue weighted by molar-refractivity contribution is -0.130. The van der Waals surface area contributed by atoms with Crippen molar-refractivity contribution in [1.82, 2.24) is 0 Å². The van der Waals surface area contributed by atoms with Crippen molar-refractivity contribution in [1.29, 1.82) is 0 Å². The van der Waals surface area contributed by atoms with Crippen LogP contribution in [-0.2, 0) is 9.53 Å². The molecule has 2 heterocycles. The van der Waals surface area contributed by atoms with Crippen LogP contribution in [0.15, 0.2) is 28.2 Å². The van der Waals surface area contributed by atoms with Gasteiger partial charge in [0.15, 0.2) is 5.70 Å². The standard InChI is InChI=1S/C13H13NO2S/c15-13-11(8-10-6-3-7-17-10)14-12(16-13)9-4-1-2-5-9/h3,6-9H,1-2,4-5H2/b11-8+. The van der Waals surface area contributed by atoms with Gasteiger partial charge in [0.05, 0.1) is 0 Å². The van der Waals surface area contributed by atoms with E-state index in [2.05, 4.69) is 4.99 Å². The number of rotatable bonds is 2. The van der Waals surface area contributed by atoms with Gasteiger partial charge in [-0.15, -0.1) is 11.3 Å². The van der Waals surface area contributed by atoms with Crippen LogP contribution in [0.3, 0.4) is 0 Å². The lowest BCUT2D eigenvalue weighted by Crippen LogP contribution is -2.12. The molecule has 1 aromatic rings. The van der Waals surface area contributed by atoms with E-state index in [9.17, 15) is 4.79 Å². The van der Waals surface area contributed by atoms with Gasteiger partial charge in [-0.05, 0) is 30.4 Å². The number of hydrogen-bond donors (Lipinski definition) is 0. The van der Waals surface area contributed by atoms with Gasteiger partial charge in [0, 0.05) is 10.8 Å². The number of aliphatic imine (C=N–C) groups is 1. The fraction of sp³-hybridized carbons (Fsp3) is 0.385. The van der Waals surface area contributed by atoms with Gasteiger partial charge in [-0.1, -0.05) is 18.9 Å². The van der Waals surface area contributed by atoms with E-state index in [4.69, 9.17) is 4.74 Å². The molecular weight excluding hydrogens is 234 g/mol. The van der Waals surface area contributed by atoms with E-state index in [1.54, 1.807) is 17.4 Å². The van der Waals surface area contributed by atoms with Gasteiger partial charge in [0.25, 0.3) is 0 Å². The molecule has 0 bridgehead atoms. The average molecular weight is 247 g/mol. The van der Waals surface area contributed by atoms with Crippen LogP contribution >= 0.6 is 11.3 Å². The van der Waals surface area contributed by atoms with E-state index in [1.807, 2.05) is 17.5 Å². The molecular formula is C13H13NO2S. The summed E-state index contributed by atoms with van der Waals surface area (Å²) in [7, 11) is 0. The summed E-state index contributed by atoms with van der Waals surface area (Å²) in [4.78, 5) is 17.0. The summed E-state index contributed by atoms with van der Waals surface area (Å²) in [6.45, 7) is 0. The Hall–Kier alpha value is -1.42. The van der Waals surface area contributed by atoms with Crippen LogP contribution in [0.2, 0.25) is 0 Å². The Morgan fingerprint density at radius 2 is 2.24 bits per heavy atom. The molecule has 0 radical (unpaired) electrons. The number of esters is 1. The second kappa shape index (κ2) is 4.45. The highest BCUT2D eigenvalue weighted by atomic mass is 32.1. The lowest BCUT2D eigenvalue weighted by Gasteiger charge is -2.05. The zero-order chi connectivity index (χ0) is 11.7. The monoisotopic (exact) mass is 247 g/mol. The Balaban J connectivity index is 1.83. The molecule has 0 N–H and O–H groups in total. The zero-order valence-corrected chi connectivity index (χ0v) is 10.2. The maximum Gasteiger partial charge on any atom is 0.363 e. The van der Waals surface area contributed by atoms with Crippen molar-refractivity contribution in [3.63, 3.8) is 0 Å². The van der Waals surface area contributed by atoms with E-state index in [0.717, 1.165) is 17.7 Å². The van der Waals surface area contributed by atoms with E-state index in [1.165, 1.54) is 12.8 Å². The minimum Gasteiger partial charge on any atom is -0.406 e. The van der Waals surface area contributed by atoms with Crippen LogP contribution in [0.1, 0.15) is 30.6 Å². The topological polar surface area (TPSA) is 38.7 Å². The Bertz CT molecular complexity index is 482. The average Bonchev–Trinajstić information content (AvgIpc) is 3.02. The Labute approximate surface area is 104 Å². The zero-order valence-electron chi connectivity index (χ0n) is 9.39. The van der Waals surface area contributed by atoms with Crippen LogP contribution in [0.4, 0.5) is 0 Å². The van der Waals surface area contributed by atoms with Crippen molar-refractivity contribution in [3.8, 4) is 0 Å². The van der Waals surface area contributed by atoms with Gasteiger partial charge in [-0.2, -0.15) is 0 Å². The number of carbonyl (C=O) groups excluding carboxylic acids is 1. The van der Waals surface area contributed by atoms with Crippen molar-refractivity contribution in [2.75, 3.05) is 0 Å². The predicted molar refractivity (Wildman–Crippen MR) is 67.8 cm³/mol. The second-order valence-corrected chi connectivity index (χ2v) is 5.35. The van der Waals surface area contributed by atoms with Crippen molar-refractivity contribution in [2.45, 2.75) is 25.7 Å². The molecule has 0 aromatic carbocycles. The van der Waals surface area contributed by atoms with Crippen LogP contribution < -0.4 is 0 Å². The summed E-state index contributed by atoms with van der Waals surface area (Å²) in [6.07, 6.45) is 6.42. The van der Waals surface area contributed by atoms with Gasteiger partial charge in [-0.25, -0.2) is 9.79 Å². The van der Waals surface area contributed by atoms with Crippen LogP contribution in [0, 0.1) is 5.92 Å². The summed E-state index contributed by atoms with van der Waals surface area (Å²) in [6, 6.07) is 3.92. The Kier molecular flexibility index (Phi) is 2.81. The summed E-state index contributed by atoms with van der Waals surface area (Å²) >= 11 is 1.59. The van der Waals surface area contributed by atoms with E-state index in [-0.39, 0.29) is 5.97 Å². The highest BCUT2D eigenvalue weighted by Crippen LogP contribution is 2.30. The third-order valence-electron chi connectivity index (χ3n) is 3.16. The number of nitrogens with zero attached hydrogens (tertiary/aromatic N) is 1. The van der Waals surface area contributed by atoms with Gasteiger partial charge >= 0.3 is 5.97 Å². The first-order valence-corrected chi connectivity index (χ1v) is 6.77. The summed E-state index contributed by atoms with van der Waals surface area (Å²) in [5.41, 5.74) is 0.439. The molecule has 1 aromatic heterocycles. The highest BCUT2D eigenvalue weighted by Gasteiger charge is 2.30.